The number of amidine groups is 1. The number of aromatic nitrogens is 2. The van der Waals surface area contributed by atoms with Gasteiger partial charge in [0.1, 0.15) is 11.5 Å². The van der Waals surface area contributed by atoms with Crippen LogP contribution in [0.2, 0.25) is 0 Å². The van der Waals surface area contributed by atoms with Crippen LogP contribution in [0.25, 0.3) is 0 Å². The number of carbonyl (C=O) groups is 1. The lowest BCUT2D eigenvalue weighted by Gasteiger charge is -2.23. The van der Waals surface area contributed by atoms with Gasteiger partial charge in [0.25, 0.3) is 5.91 Å². The van der Waals surface area contributed by atoms with Crippen molar-refractivity contribution in [2.45, 2.75) is 46.0 Å². The van der Waals surface area contributed by atoms with Crippen LogP contribution in [0.5, 0.6) is 0 Å². The molecule has 0 fully saturated rings. The molecule has 1 aromatic carbocycles. The lowest BCUT2D eigenvalue weighted by molar-refractivity contribution is -0.141. The second-order valence-electron chi connectivity index (χ2n) is 7.42. The van der Waals surface area contributed by atoms with E-state index in [1.165, 1.54) is 0 Å². The Morgan fingerprint density at radius 3 is 2.13 bits per heavy atom. The van der Waals surface area contributed by atoms with Gasteiger partial charge in [-0.3, -0.25) is 9.89 Å². The van der Waals surface area contributed by atoms with Crippen molar-refractivity contribution in [1.82, 2.24) is 15.5 Å². The van der Waals surface area contributed by atoms with Gasteiger partial charge in [-0.25, -0.2) is 4.99 Å². The molecule has 2 rings (SSSR count). The van der Waals surface area contributed by atoms with E-state index >= 15 is 0 Å². The van der Waals surface area contributed by atoms with Crippen molar-refractivity contribution in [3.63, 3.8) is 0 Å². The fourth-order valence-electron chi connectivity index (χ4n) is 2.36. The Bertz CT molecular complexity index is 910. The number of hydrogen-bond donors (Lipinski definition) is 2. The molecular formula is C19H20F6N4O. The van der Waals surface area contributed by atoms with Crippen molar-refractivity contribution in [3.8, 4) is 0 Å². The summed E-state index contributed by atoms with van der Waals surface area (Å²) in [4.78, 5) is 16.5. The van der Waals surface area contributed by atoms with Gasteiger partial charge in [0.05, 0.1) is 5.56 Å². The number of rotatable bonds is 5. The molecular weight excluding hydrogens is 414 g/mol. The molecule has 164 valence electrons. The van der Waals surface area contributed by atoms with Crippen LogP contribution in [-0.2, 0) is 12.4 Å². The third kappa shape index (κ3) is 6.33. The molecule has 2 N–H and O–H groups in total. The van der Waals surface area contributed by atoms with Crippen LogP contribution in [0.3, 0.4) is 0 Å². The lowest BCUT2D eigenvalue weighted by Crippen LogP contribution is -2.34. The number of nitrogens with zero attached hydrogens (tertiary/aromatic N) is 2. The molecule has 11 heteroatoms. The predicted octanol–water partition coefficient (Wildman–Crippen LogP) is 5.73. The van der Waals surface area contributed by atoms with Gasteiger partial charge in [-0.05, 0) is 29.7 Å². The number of aromatic amines is 1. The summed E-state index contributed by atoms with van der Waals surface area (Å²) in [6.45, 7) is 5.64. The number of aliphatic imine (C=N–C) groups is 1. The van der Waals surface area contributed by atoms with Crippen molar-refractivity contribution >= 4 is 17.6 Å². The first kappa shape index (κ1) is 23.4. The van der Waals surface area contributed by atoms with Crippen LogP contribution in [0.15, 0.2) is 35.3 Å². The molecule has 0 aliphatic heterocycles. The summed E-state index contributed by atoms with van der Waals surface area (Å²) >= 11 is 0. The summed E-state index contributed by atoms with van der Waals surface area (Å²) in [5, 5.41) is 7.79. The van der Waals surface area contributed by atoms with E-state index in [1.54, 1.807) is 0 Å². The van der Waals surface area contributed by atoms with Crippen molar-refractivity contribution in [2.24, 2.45) is 10.4 Å². The number of H-pyrrole nitrogens is 1. The lowest BCUT2D eigenvalue weighted by atomic mass is 9.86. The predicted molar refractivity (Wildman–Crippen MR) is 98.3 cm³/mol. The minimum atomic E-state index is -4.63. The molecule has 0 aliphatic rings. The number of benzene rings is 1. The highest BCUT2D eigenvalue weighted by molar-refractivity contribution is 6.07. The zero-order chi connectivity index (χ0) is 22.7. The van der Waals surface area contributed by atoms with Crippen molar-refractivity contribution in [2.75, 3.05) is 0 Å². The number of hydrogen-bond acceptors (Lipinski definition) is 3. The standard InChI is InChI=1S/C19H20F6N4O/c1-4-17(2,3)10-15(26-14-9-13(28-29-14)19(23,24)25)27-16(30)11-5-7-12(8-6-11)18(20,21)22/h5-9H,4,10H2,1-3H3,(H2,26,27,28,29,30). The molecule has 1 aromatic heterocycles. The highest BCUT2D eigenvalue weighted by Crippen LogP contribution is 2.31. The first-order valence-electron chi connectivity index (χ1n) is 8.90. The Kier molecular flexibility index (Phi) is 6.63. The fraction of sp³-hybridized carbons (Fsp3) is 0.421. The number of halogens is 6. The van der Waals surface area contributed by atoms with Gasteiger partial charge < -0.3 is 5.32 Å². The van der Waals surface area contributed by atoms with E-state index in [9.17, 15) is 31.1 Å². The highest BCUT2D eigenvalue weighted by Gasteiger charge is 2.33. The smallest absolute Gasteiger partial charge is 0.310 e. The summed E-state index contributed by atoms with van der Waals surface area (Å²) in [6.07, 6.45) is -8.30. The van der Waals surface area contributed by atoms with Crippen LogP contribution in [0, 0.1) is 5.41 Å². The van der Waals surface area contributed by atoms with Crippen LogP contribution >= 0.6 is 0 Å². The topological polar surface area (TPSA) is 70.1 Å². The molecule has 0 bridgehead atoms. The maximum absolute atomic E-state index is 12.7. The maximum Gasteiger partial charge on any atom is 0.432 e. The first-order valence-corrected chi connectivity index (χ1v) is 8.90. The summed E-state index contributed by atoms with van der Waals surface area (Å²) in [5.41, 5.74) is -2.40. The van der Waals surface area contributed by atoms with Crippen molar-refractivity contribution in [1.29, 1.82) is 0 Å². The van der Waals surface area contributed by atoms with Gasteiger partial charge in [0.2, 0.25) is 0 Å². The molecule has 1 amide bonds. The third-order valence-corrected chi connectivity index (χ3v) is 4.45. The van der Waals surface area contributed by atoms with Gasteiger partial charge in [-0.1, -0.05) is 27.2 Å². The normalized spacial score (nSPS) is 13.4. The molecule has 0 atom stereocenters. The summed E-state index contributed by atoms with van der Waals surface area (Å²) in [5.74, 6) is -0.968. The molecule has 0 saturated heterocycles. The molecule has 2 aromatic rings. The number of nitrogens with one attached hydrogen (secondary N) is 2. The Morgan fingerprint density at radius 1 is 1.07 bits per heavy atom. The van der Waals surface area contributed by atoms with E-state index in [0.717, 1.165) is 24.3 Å². The van der Waals surface area contributed by atoms with Gasteiger partial charge in [0, 0.05) is 18.1 Å². The Labute approximate surface area is 168 Å². The minimum absolute atomic E-state index is 0.0481. The molecule has 5 nitrogen and oxygen atoms in total. The monoisotopic (exact) mass is 434 g/mol. The molecule has 0 aliphatic carbocycles. The van der Waals surface area contributed by atoms with Crippen LogP contribution in [0.1, 0.15) is 55.2 Å². The van der Waals surface area contributed by atoms with Gasteiger partial charge in [-0.15, -0.1) is 0 Å². The van der Waals surface area contributed by atoms with Crippen LogP contribution < -0.4 is 5.32 Å². The van der Waals surface area contributed by atoms with E-state index in [2.05, 4.69) is 15.4 Å². The Balaban J connectivity index is 2.29. The van der Waals surface area contributed by atoms with E-state index in [0.29, 0.717) is 12.5 Å². The van der Waals surface area contributed by atoms with E-state index in [1.807, 2.05) is 25.9 Å². The van der Waals surface area contributed by atoms with E-state index < -0.39 is 29.5 Å². The van der Waals surface area contributed by atoms with E-state index in [4.69, 9.17) is 0 Å². The van der Waals surface area contributed by atoms with Gasteiger partial charge >= 0.3 is 12.4 Å². The third-order valence-electron chi connectivity index (χ3n) is 4.45. The van der Waals surface area contributed by atoms with Crippen molar-refractivity contribution < 1.29 is 31.1 Å². The highest BCUT2D eigenvalue weighted by atomic mass is 19.4. The molecule has 0 radical (unpaired) electrons. The second-order valence-corrected chi connectivity index (χ2v) is 7.42. The van der Waals surface area contributed by atoms with Crippen LogP contribution in [0.4, 0.5) is 32.2 Å². The summed E-state index contributed by atoms with van der Waals surface area (Å²) in [7, 11) is 0. The molecule has 0 spiro atoms. The maximum atomic E-state index is 12.7. The van der Waals surface area contributed by atoms with Gasteiger partial charge in [0.15, 0.2) is 5.82 Å². The molecule has 0 unspecified atom stereocenters. The number of alkyl halides is 6. The molecule has 0 saturated carbocycles. The number of amides is 1. The second kappa shape index (κ2) is 8.49. The quantitative estimate of drug-likeness (QED) is 0.358. The summed E-state index contributed by atoms with van der Waals surface area (Å²) < 4.78 is 76.3. The minimum Gasteiger partial charge on any atom is -0.310 e. The number of carbonyl (C=O) groups excluding carboxylic acids is 1. The van der Waals surface area contributed by atoms with E-state index in [-0.39, 0.29) is 29.1 Å². The Hall–Kier alpha value is -2.85. The Morgan fingerprint density at radius 2 is 1.67 bits per heavy atom. The molecule has 30 heavy (non-hydrogen) atoms. The fourth-order valence-corrected chi connectivity index (χ4v) is 2.36. The molecule has 1 heterocycles. The summed E-state index contributed by atoms with van der Waals surface area (Å²) in [6, 6.07) is 4.26. The zero-order valence-corrected chi connectivity index (χ0v) is 16.4. The first-order chi connectivity index (χ1) is 13.7. The largest absolute Gasteiger partial charge is 0.432 e. The SMILES string of the molecule is CCC(C)(C)CC(=Nc1cc(C(F)(F)F)[nH]n1)NC(=O)c1ccc(C(F)(F)F)cc1. The van der Waals surface area contributed by atoms with Gasteiger partial charge in [-0.2, -0.15) is 31.4 Å². The van der Waals surface area contributed by atoms with Crippen molar-refractivity contribution in [3.05, 3.63) is 47.2 Å². The van der Waals surface area contributed by atoms with Crippen LogP contribution in [-0.4, -0.2) is 21.9 Å². The average molecular weight is 434 g/mol. The zero-order valence-electron chi connectivity index (χ0n) is 16.4. The average Bonchev–Trinajstić information content (AvgIpc) is 3.09.